The van der Waals surface area contributed by atoms with Gasteiger partial charge in [0, 0.05) is 38.3 Å². The van der Waals surface area contributed by atoms with Crippen molar-refractivity contribution in [2.75, 3.05) is 26.9 Å². The van der Waals surface area contributed by atoms with E-state index >= 15 is 0 Å². The highest BCUT2D eigenvalue weighted by atomic mass is 32.1. The van der Waals surface area contributed by atoms with E-state index in [0.717, 1.165) is 0 Å². The van der Waals surface area contributed by atoms with Gasteiger partial charge in [-0.2, -0.15) is 0 Å². The summed E-state index contributed by atoms with van der Waals surface area (Å²) in [5, 5.41) is 22.8. The van der Waals surface area contributed by atoms with Crippen molar-refractivity contribution in [1.29, 1.82) is 0 Å². The first-order valence-electron chi connectivity index (χ1n) is 12.1. The summed E-state index contributed by atoms with van der Waals surface area (Å²) in [5.41, 5.74) is 0.432. The summed E-state index contributed by atoms with van der Waals surface area (Å²) in [6.45, 7) is 6.03. The first kappa shape index (κ1) is 27.6. The van der Waals surface area contributed by atoms with Crippen molar-refractivity contribution in [2.45, 2.75) is 67.5 Å². The van der Waals surface area contributed by atoms with Crippen molar-refractivity contribution in [1.82, 2.24) is 20.0 Å². The molecule has 6 aliphatic rings. The number of nitrogens with zero attached hydrogens (tertiary/aromatic N) is 3. The molecule has 0 radical (unpaired) electrons. The van der Waals surface area contributed by atoms with Gasteiger partial charge < -0.3 is 33.6 Å². The lowest BCUT2D eigenvalue weighted by Gasteiger charge is -2.54. The van der Waals surface area contributed by atoms with E-state index in [1.165, 1.54) is 34.6 Å². The number of aliphatic hydroxyl groups is 2. The fraction of sp³-hybridized carbons (Fsp3) is 0.682. The van der Waals surface area contributed by atoms with Gasteiger partial charge in [0.15, 0.2) is 0 Å². The number of thiol groups is 1. The Kier molecular flexibility index (Phi) is 6.97. The number of fused-ring (bicyclic) bond motifs is 4. The quantitative estimate of drug-likeness (QED) is 0.193. The number of rotatable bonds is 1. The van der Waals surface area contributed by atoms with Crippen LogP contribution in [0.4, 0.5) is 9.59 Å². The number of amides is 5. The number of likely N-dealkylation sites (N-methyl/N-ethyl adjacent to an activating group) is 1. The molecule has 210 valence electrons. The van der Waals surface area contributed by atoms with Crippen LogP contribution in [-0.2, 0) is 27.9 Å². The molecule has 6 aliphatic heterocycles. The third kappa shape index (κ3) is 4.29. The van der Waals surface area contributed by atoms with Crippen molar-refractivity contribution >= 4 is 38.2 Å². The number of hydrogen-bond acceptors (Lipinski definition) is 11. The van der Waals surface area contributed by atoms with E-state index in [1.54, 1.807) is 6.92 Å². The second-order valence-corrected chi connectivity index (χ2v) is 12.8. The number of nitrogens with one attached hydrogen (secondary N) is 1. The lowest BCUT2D eigenvalue weighted by Crippen LogP contribution is -2.71. The maximum absolute atomic E-state index is 13.7. The molecule has 9 atom stereocenters. The van der Waals surface area contributed by atoms with Crippen molar-refractivity contribution in [2.24, 2.45) is 0 Å². The van der Waals surface area contributed by atoms with E-state index in [1.807, 2.05) is 0 Å². The van der Waals surface area contributed by atoms with E-state index in [0.29, 0.717) is 5.57 Å². The van der Waals surface area contributed by atoms with Crippen molar-refractivity contribution < 1.29 is 47.7 Å². The van der Waals surface area contributed by atoms with Crippen LogP contribution in [0.1, 0.15) is 19.8 Å². The molecule has 38 heavy (non-hydrogen) atoms. The zero-order valence-electron chi connectivity index (χ0n) is 21.1. The summed E-state index contributed by atoms with van der Waals surface area (Å²) in [4.78, 5) is 41.9. The number of urea groups is 2. The van der Waals surface area contributed by atoms with Crippen LogP contribution in [0.25, 0.3) is 0 Å². The molecule has 0 aromatic rings. The Morgan fingerprint density at radius 1 is 1.24 bits per heavy atom. The molecule has 6 heterocycles. The first-order valence-corrected chi connectivity index (χ1v) is 14.5. The Balaban J connectivity index is 1.65. The van der Waals surface area contributed by atoms with Crippen molar-refractivity contribution in [3.8, 4) is 0 Å². The van der Waals surface area contributed by atoms with Crippen LogP contribution in [0.5, 0.6) is 0 Å². The van der Waals surface area contributed by atoms with Gasteiger partial charge in [-0.15, -0.1) is 12.6 Å². The van der Waals surface area contributed by atoms with Crippen LogP contribution in [-0.4, -0.2) is 118 Å². The summed E-state index contributed by atoms with van der Waals surface area (Å²) in [6, 6.07) is -2.57. The molecule has 0 aromatic carbocycles. The summed E-state index contributed by atoms with van der Waals surface area (Å²) in [6.07, 6.45) is -4.28. The molecular formula is C22H31N4O10PS. The molecule has 6 rings (SSSR count). The molecule has 0 aromatic heterocycles. The standard InChI is InChI=1S/C22H31N4O10PS/c1-10-7-25-16-5-12(28)15(35-16)9-33-37(4,32)36-13-6-17(34-14(13)8-27)26-18(11(2)19(29)23-20(26)30)22(10,38)24(3)21(25)31/h7,12-18,27-28,38H,2,5-6,8-9H2,1,3-4H3,(H,23,29,30)/t12-,13-,14+,15+,16+,17+,18?,22-,37-/m0/s1. The molecule has 14 nitrogen and oxygen atoms in total. The van der Waals surface area contributed by atoms with Gasteiger partial charge in [-0.05, 0) is 12.5 Å². The zero-order chi connectivity index (χ0) is 27.7. The fourth-order valence-electron chi connectivity index (χ4n) is 5.60. The lowest BCUT2D eigenvalue weighted by atomic mass is 9.88. The molecule has 4 fully saturated rings. The number of aliphatic hydroxyl groups excluding tert-OH is 2. The smallest absolute Gasteiger partial charge is 0.328 e. The van der Waals surface area contributed by atoms with Gasteiger partial charge in [0.2, 0.25) is 0 Å². The second-order valence-electron chi connectivity index (χ2n) is 10.1. The normalized spacial score (nSPS) is 43.9. The number of imide groups is 1. The van der Waals surface area contributed by atoms with Crippen LogP contribution in [0.3, 0.4) is 0 Å². The summed E-state index contributed by atoms with van der Waals surface area (Å²) in [5.74, 6) is -0.740. The molecule has 4 saturated heterocycles. The molecular weight excluding hydrogens is 543 g/mol. The third-order valence-corrected chi connectivity index (χ3v) is 9.82. The Morgan fingerprint density at radius 3 is 2.63 bits per heavy atom. The topological polar surface area (TPSA) is 167 Å². The molecule has 0 spiro atoms. The molecule has 0 saturated carbocycles. The number of hydrogen-bond donors (Lipinski definition) is 4. The fourth-order valence-corrected chi connectivity index (χ4v) is 7.22. The van der Waals surface area contributed by atoms with Crippen molar-refractivity contribution in [3.63, 3.8) is 0 Å². The maximum atomic E-state index is 13.7. The van der Waals surface area contributed by atoms with Crippen LogP contribution < -0.4 is 5.32 Å². The second kappa shape index (κ2) is 9.59. The molecule has 6 bridgehead atoms. The molecule has 16 heteroatoms. The van der Waals surface area contributed by atoms with Crippen LogP contribution in [0, 0.1) is 0 Å². The van der Waals surface area contributed by atoms with Gasteiger partial charge in [-0.25, -0.2) is 9.59 Å². The predicted octanol–water partition coefficient (Wildman–Crippen LogP) is 0.182. The maximum Gasteiger partial charge on any atom is 0.328 e. The Labute approximate surface area is 224 Å². The Hall–Kier alpha value is -1.97. The highest BCUT2D eigenvalue weighted by Gasteiger charge is 2.59. The first-order chi connectivity index (χ1) is 17.8. The Morgan fingerprint density at radius 2 is 1.95 bits per heavy atom. The molecule has 5 amide bonds. The number of carbonyl (C=O) groups is 3. The largest absolute Gasteiger partial charge is 0.394 e. The summed E-state index contributed by atoms with van der Waals surface area (Å²) < 4.78 is 36.3. The highest BCUT2D eigenvalue weighted by molar-refractivity contribution is 7.82. The van der Waals surface area contributed by atoms with Crippen LogP contribution in [0.2, 0.25) is 0 Å². The van der Waals surface area contributed by atoms with Gasteiger partial charge >= 0.3 is 19.7 Å². The van der Waals surface area contributed by atoms with Gasteiger partial charge in [0.1, 0.15) is 35.6 Å². The van der Waals surface area contributed by atoms with Crippen molar-refractivity contribution in [3.05, 3.63) is 23.9 Å². The van der Waals surface area contributed by atoms with E-state index in [9.17, 15) is 29.2 Å². The van der Waals surface area contributed by atoms with Gasteiger partial charge in [0.25, 0.3) is 5.91 Å². The summed E-state index contributed by atoms with van der Waals surface area (Å²) >= 11 is 4.89. The van der Waals surface area contributed by atoms with Crippen LogP contribution >= 0.6 is 20.2 Å². The minimum absolute atomic E-state index is 0.0428. The zero-order valence-corrected chi connectivity index (χ0v) is 22.8. The minimum Gasteiger partial charge on any atom is -0.394 e. The highest BCUT2D eigenvalue weighted by Crippen LogP contribution is 2.50. The summed E-state index contributed by atoms with van der Waals surface area (Å²) in [7, 11) is -2.29. The van der Waals surface area contributed by atoms with Gasteiger partial charge in [-0.1, -0.05) is 6.58 Å². The average molecular weight is 575 g/mol. The average Bonchev–Trinajstić information content (AvgIpc) is 3.42. The molecule has 3 N–H and O–H groups in total. The predicted molar refractivity (Wildman–Crippen MR) is 133 cm³/mol. The molecule has 0 aliphatic carbocycles. The molecule has 1 unspecified atom stereocenters. The van der Waals surface area contributed by atoms with Gasteiger partial charge in [0.05, 0.1) is 25.4 Å². The Bertz CT molecular complexity index is 1150. The third-order valence-electron chi connectivity index (χ3n) is 7.65. The SMILES string of the molecule is C=C1C(=O)NC(=O)N2C1[C@@]1(S)C(C)=CN(C(=O)N1C)[C@H]1C[C@H](O)[C@@H](CO[P@](C)(=O)O[C@H]3C[C@H]2O[C@@H]3CO)O1. The minimum atomic E-state index is -3.76. The monoisotopic (exact) mass is 574 g/mol. The lowest BCUT2D eigenvalue weighted by molar-refractivity contribution is -0.122. The van der Waals surface area contributed by atoms with E-state index in [2.05, 4.69) is 11.9 Å². The van der Waals surface area contributed by atoms with Gasteiger partial charge in [-0.3, -0.25) is 24.5 Å². The van der Waals surface area contributed by atoms with E-state index in [4.69, 9.17) is 31.2 Å². The number of ether oxygens (including phenoxy) is 2. The van der Waals surface area contributed by atoms with E-state index < -0.39 is 80.0 Å². The number of carbonyl (C=O) groups excluding carboxylic acids is 3. The van der Waals surface area contributed by atoms with E-state index in [-0.39, 0.29) is 25.0 Å². The van der Waals surface area contributed by atoms with Crippen LogP contribution in [0.15, 0.2) is 23.9 Å².